The van der Waals surface area contributed by atoms with Crippen molar-refractivity contribution >= 4 is 23.2 Å². The second-order valence-electron chi connectivity index (χ2n) is 8.57. The van der Waals surface area contributed by atoms with E-state index < -0.39 is 0 Å². The van der Waals surface area contributed by atoms with Crippen LogP contribution >= 0.6 is 0 Å². The van der Waals surface area contributed by atoms with Gasteiger partial charge in [-0.3, -0.25) is 4.79 Å². The van der Waals surface area contributed by atoms with Crippen molar-refractivity contribution < 1.29 is 9.90 Å². The number of hydrogen-bond donors (Lipinski definition) is 2. The molecule has 2 aromatic heterocycles. The van der Waals surface area contributed by atoms with E-state index in [9.17, 15) is 9.90 Å². The van der Waals surface area contributed by atoms with Crippen LogP contribution in [0.3, 0.4) is 0 Å². The van der Waals surface area contributed by atoms with Gasteiger partial charge in [-0.1, -0.05) is 32.9 Å². The van der Waals surface area contributed by atoms with Crippen molar-refractivity contribution in [2.45, 2.75) is 45.1 Å². The van der Waals surface area contributed by atoms with E-state index in [-0.39, 0.29) is 24.0 Å². The number of aromatic nitrogens is 3. The first-order valence-corrected chi connectivity index (χ1v) is 10.0. The Morgan fingerprint density at radius 1 is 1.21 bits per heavy atom. The monoisotopic (exact) mass is 393 g/mol. The van der Waals surface area contributed by atoms with Crippen molar-refractivity contribution in [1.82, 2.24) is 14.6 Å². The maximum Gasteiger partial charge on any atom is 0.256 e. The maximum atomic E-state index is 12.6. The van der Waals surface area contributed by atoms with Gasteiger partial charge in [0.15, 0.2) is 11.5 Å². The van der Waals surface area contributed by atoms with E-state index in [1.54, 1.807) is 10.7 Å². The fourth-order valence-electron chi connectivity index (χ4n) is 3.72. The van der Waals surface area contributed by atoms with Gasteiger partial charge in [0.2, 0.25) is 0 Å². The number of amides is 1. The molecule has 3 aromatic rings. The van der Waals surface area contributed by atoms with Crippen molar-refractivity contribution in [2.75, 3.05) is 23.4 Å². The number of carbonyl (C=O) groups is 1. The molecule has 1 atom stereocenters. The summed E-state index contributed by atoms with van der Waals surface area (Å²) in [6, 6.07) is 11.5. The number of hydrogen-bond acceptors (Lipinski definition) is 5. The molecule has 0 unspecified atom stereocenters. The lowest BCUT2D eigenvalue weighted by Gasteiger charge is -2.23. The molecule has 2 N–H and O–H groups in total. The van der Waals surface area contributed by atoms with Crippen molar-refractivity contribution in [1.29, 1.82) is 0 Å². The second-order valence-corrected chi connectivity index (χ2v) is 8.57. The third kappa shape index (κ3) is 3.96. The lowest BCUT2D eigenvalue weighted by Crippen LogP contribution is -2.33. The summed E-state index contributed by atoms with van der Waals surface area (Å²) in [4.78, 5) is 19.2. The first-order valence-electron chi connectivity index (χ1n) is 10.0. The molecule has 0 aliphatic carbocycles. The Morgan fingerprint density at radius 2 is 1.97 bits per heavy atom. The van der Waals surface area contributed by atoms with Gasteiger partial charge in [-0.25, -0.2) is 9.50 Å². The zero-order chi connectivity index (χ0) is 20.6. The molecule has 4 rings (SSSR count). The standard InChI is InChI=1S/C22H27N5O2/c1-22(2,3)16-8-6-15(7-9-16)21(29)24-18-13-27-19(23-18)10-11-20(25-27)26-12-4-5-17(26)14-28/h6-11,13,17,28H,4-5,12,14H2,1-3H3,(H,24,29)/t17-/m0/s1. The first-order chi connectivity index (χ1) is 13.8. The Kier molecular flexibility index (Phi) is 5.00. The van der Waals surface area contributed by atoms with Gasteiger partial charge in [-0.2, -0.15) is 0 Å². The number of rotatable bonds is 4. The van der Waals surface area contributed by atoms with Crippen molar-refractivity contribution in [3.63, 3.8) is 0 Å². The van der Waals surface area contributed by atoms with Crippen LogP contribution in [0.1, 0.15) is 49.5 Å². The second kappa shape index (κ2) is 7.48. The lowest BCUT2D eigenvalue weighted by molar-refractivity contribution is 0.102. The average molecular weight is 393 g/mol. The molecule has 1 aliphatic heterocycles. The highest BCUT2D eigenvalue weighted by molar-refractivity contribution is 6.03. The summed E-state index contributed by atoms with van der Waals surface area (Å²) in [5, 5.41) is 17.0. The molecule has 1 saturated heterocycles. The van der Waals surface area contributed by atoms with Gasteiger partial charge in [0, 0.05) is 12.1 Å². The summed E-state index contributed by atoms with van der Waals surface area (Å²) in [5.74, 6) is 1.07. The Bertz CT molecular complexity index is 1020. The molecule has 3 heterocycles. The van der Waals surface area contributed by atoms with Gasteiger partial charge in [-0.05, 0) is 48.1 Å². The smallest absolute Gasteiger partial charge is 0.256 e. The van der Waals surface area contributed by atoms with Crippen LogP contribution in [0.25, 0.3) is 5.65 Å². The molecule has 1 fully saturated rings. The van der Waals surface area contributed by atoms with Crippen LogP contribution in [0, 0.1) is 0 Å². The number of benzene rings is 1. The minimum atomic E-state index is -0.200. The number of aliphatic hydroxyl groups excluding tert-OH is 1. The van der Waals surface area contributed by atoms with E-state index in [1.165, 1.54) is 5.56 Å². The Balaban J connectivity index is 1.51. The zero-order valence-electron chi connectivity index (χ0n) is 17.1. The summed E-state index contributed by atoms with van der Waals surface area (Å²) in [7, 11) is 0. The minimum absolute atomic E-state index is 0.0460. The highest BCUT2D eigenvalue weighted by atomic mass is 16.3. The van der Waals surface area contributed by atoms with Gasteiger partial charge in [-0.15, -0.1) is 5.10 Å². The van der Waals surface area contributed by atoms with Crippen molar-refractivity contribution in [3.05, 3.63) is 53.7 Å². The van der Waals surface area contributed by atoms with Crippen LogP contribution in [0.2, 0.25) is 0 Å². The molecule has 0 radical (unpaired) electrons. The van der Waals surface area contributed by atoms with Gasteiger partial charge >= 0.3 is 0 Å². The highest BCUT2D eigenvalue weighted by Crippen LogP contribution is 2.25. The number of anilines is 2. The van der Waals surface area contributed by atoms with Gasteiger partial charge in [0.1, 0.15) is 5.82 Å². The zero-order valence-corrected chi connectivity index (χ0v) is 17.1. The molecule has 7 heteroatoms. The summed E-state index contributed by atoms with van der Waals surface area (Å²) in [6.07, 6.45) is 3.73. The van der Waals surface area contributed by atoms with E-state index in [0.717, 1.165) is 25.2 Å². The molecular weight excluding hydrogens is 366 g/mol. The summed E-state index contributed by atoms with van der Waals surface area (Å²) in [6.45, 7) is 7.44. The molecule has 1 aliphatic rings. The van der Waals surface area contributed by atoms with Crippen LogP contribution in [0.4, 0.5) is 11.6 Å². The van der Waals surface area contributed by atoms with E-state index >= 15 is 0 Å². The quantitative estimate of drug-likeness (QED) is 0.711. The van der Waals surface area contributed by atoms with Gasteiger partial charge < -0.3 is 15.3 Å². The Labute approximate surface area is 170 Å². The van der Waals surface area contributed by atoms with E-state index in [2.05, 4.69) is 41.1 Å². The average Bonchev–Trinajstić information content (AvgIpc) is 3.32. The topological polar surface area (TPSA) is 82.8 Å². The van der Waals surface area contributed by atoms with Gasteiger partial charge in [0.05, 0.1) is 18.8 Å². The molecule has 152 valence electrons. The normalized spacial score (nSPS) is 17.1. The fourth-order valence-corrected chi connectivity index (χ4v) is 3.72. The molecular formula is C22H27N5O2. The van der Waals surface area contributed by atoms with Crippen LogP contribution in [0.15, 0.2) is 42.6 Å². The predicted octanol–water partition coefficient (Wildman–Crippen LogP) is 3.24. The predicted molar refractivity (Wildman–Crippen MR) is 114 cm³/mol. The number of nitrogens with one attached hydrogen (secondary N) is 1. The van der Waals surface area contributed by atoms with E-state index in [4.69, 9.17) is 0 Å². The number of nitrogens with zero attached hydrogens (tertiary/aromatic N) is 4. The SMILES string of the molecule is CC(C)(C)c1ccc(C(=O)Nc2cn3nc(N4CCC[C@H]4CO)ccc3n2)cc1. The van der Waals surface area contributed by atoms with Gasteiger partial charge in [0.25, 0.3) is 5.91 Å². The molecule has 7 nitrogen and oxygen atoms in total. The summed E-state index contributed by atoms with van der Waals surface area (Å²) >= 11 is 0. The van der Waals surface area contributed by atoms with Crippen LogP contribution < -0.4 is 10.2 Å². The van der Waals surface area contributed by atoms with Crippen LogP contribution in [0.5, 0.6) is 0 Å². The number of fused-ring (bicyclic) bond motifs is 1. The number of imidazole rings is 1. The number of aliphatic hydroxyl groups is 1. The third-order valence-corrected chi connectivity index (χ3v) is 5.44. The van der Waals surface area contributed by atoms with E-state index in [0.29, 0.717) is 17.0 Å². The summed E-state index contributed by atoms with van der Waals surface area (Å²) in [5.41, 5.74) is 2.48. The molecule has 0 spiro atoms. The third-order valence-electron chi connectivity index (χ3n) is 5.44. The summed E-state index contributed by atoms with van der Waals surface area (Å²) < 4.78 is 1.67. The van der Waals surface area contributed by atoms with Crippen molar-refractivity contribution in [3.8, 4) is 0 Å². The first kappa shape index (κ1) is 19.4. The molecule has 1 aromatic carbocycles. The minimum Gasteiger partial charge on any atom is -0.394 e. The van der Waals surface area contributed by atoms with Crippen LogP contribution in [-0.2, 0) is 5.41 Å². The largest absolute Gasteiger partial charge is 0.394 e. The van der Waals surface area contributed by atoms with Crippen molar-refractivity contribution in [2.24, 2.45) is 0 Å². The highest BCUT2D eigenvalue weighted by Gasteiger charge is 2.25. The maximum absolute atomic E-state index is 12.6. The van der Waals surface area contributed by atoms with Crippen LogP contribution in [-0.4, -0.2) is 44.8 Å². The molecule has 1 amide bonds. The van der Waals surface area contributed by atoms with E-state index in [1.807, 2.05) is 36.4 Å². The molecule has 0 saturated carbocycles. The number of carbonyl (C=O) groups excluding carboxylic acids is 1. The Morgan fingerprint density at radius 3 is 2.66 bits per heavy atom. The fraction of sp³-hybridized carbons (Fsp3) is 0.409. The lowest BCUT2D eigenvalue weighted by atomic mass is 9.87. The Hall–Kier alpha value is -2.93. The molecule has 0 bridgehead atoms. The molecule has 29 heavy (non-hydrogen) atoms.